The van der Waals surface area contributed by atoms with Crippen molar-refractivity contribution in [2.75, 3.05) is 12.9 Å². The molecule has 2 aromatic rings. The molecule has 0 aliphatic heterocycles. The molecule has 0 spiro atoms. The van der Waals surface area contributed by atoms with Gasteiger partial charge in [0.1, 0.15) is 5.75 Å². The Kier molecular flexibility index (Phi) is 4.69. The highest BCUT2D eigenvalue weighted by Crippen LogP contribution is 2.16. The van der Waals surface area contributed by atoms with Gasteiger partial charge in [-0.05, 0) is 36.8 Å². The summed E-state index contributed by atoms with van der Waals surface area (Å²) >= 11 is 0. The lowest BCUT2D eigenvalue weighted by Gasteiger charge is -2.06. The van der Waals surface area contributed by atoms with E-state index in [4.69, 9.17) is 4.74 Å². The maximum absolute atomic E-state index is 12.2. The second kappa shape index (κ2) is 6.48. The Morgan fingerprint density at radius 2 is 1.75 bits per heavy atom. The van der Waals surface area contributed by atoms with Gasteiger partial charge < -0.3 is 4.74 Å². The van der Waals surface area contributed by atoms with Gasteiger partial charge in [0.15, 0.2) is 5.78 Å². The van der Waals surface area contributed by atoms with Crippen LogP contribution in [0.4, 0.5) is 0 Å². The summed E-state index contributed by atoms with van der Waals surface area (Å²) in [6.07, 6.45) is 0. The first-order valence-corrected chi connectivity index (χ1v) is 7.55. The van der Waals surface area contributed by atoms with Gasteiger partial charge in [-0.3, -0.25) is 9.00 Å². The third kappa shape index (κ3) is 3.33. The van der Waals surface area contributed by atoms with E-state index in [1.165, 1.54) is 0 Å². The second-order valence-corrected chi connectivity index (χ2v) is 5.85. The van der Waals surface area contributed by atoms with E-state index in [-0.39, 0.29) is 11.5 Å². The average Bonchev–Trinajstić information content (AvgIpc) is 2.47. The Bertz CT molecular complexity index is 632. The van der Waals surface area contributed by atoms with E-state index in [9.17, 15) is 9.00 Å². The molecule has 1 unspecified atom stereocenters. The first-order chi connectivity index (χ1) is 9.61. The summed E-state index contributed by atoms with van der Waals surface area (Å²) in [5.41, 5.74) is 1.54. The molecule has 20 heavy (non-hydrogen) atoms. The summed E-state index contributed by atoms with van der Waals surface area (Å²) in [6.45, 7) is 1.88. The van der Waals surface area contributed by atoms with E-state index in [0.717, 1.165) is 5.56 Å². The number of benzene rings is 2. The van der Waals surface area contributed by atoms with Crippen molar-refractivity contribution in [2.45, 2.75) is 11.8 Å². The van der Waals surface area contributed by atoms with E-state index in [1.807, 2.05) is 25.1 Å². The number of hydrogen-bond acceptors (Lipinski definition) is 3. The highest BCUT2D eigenvalue weighted by atomic mass is 32.2. The molecular weight excluding hydrogens is 272 g/mol. The van der Waals surface area contributed by atoms with Crippen LogP contribution in [0.15, 0.2) is 53.4 Å². The van der Waals surface area contributed by atoms with Gasteiger partial charge >= 0.3 is 0 Å². The summed E-state index contributed by atoms with van der Waals surface area (Å²) in [6, 6.07) is 14.3. The van der Waals surface area contributed by atoms with Crippen molar-refractivity contribution < 1.29 is 13.7 Å². The van der Waals surface area contributed by atoms with Gasteiger partial charge in [-0.2, -0.15) is 0 Å². The van der Waals surface area contributed by atoms with E-state index in [1.54, 1.807) is 37.4 Å². The maximum atomic E-state index is 12.2. The minimum atomic E-state index is -1.34. The Hall–Kier alpha value is -1.94. The predicted octanol–water partition coefficient (Wildman–Crippen LogP) is 2.99. The Labute approximate surface area is 121 Å². The molecule has 0 aromatic heterocycles. The van der Waals surface area contributed by atoms with Crippen LogP contribution in [0, 0.1) is 6.92 Å². The Balaban J connectivity index is 2.11. The lowest BCUT2D eigenvalue weighted by atomic mass is 10.1. The van der Waals surface area contributed by atoms with Crippen LogP contribution < -0.4 is 4.74 Å². The van der Waals surface area contributed by atoms with Gasteiger partial charge in [-0.25, -0.2) is 0 Å². The SMILES string of the molecule is COc1ccc(S(=O)CC(=O)c2ccccc2C)cc1. The molecule has 104 valence electrons. The highest BCUT2D eigenvalue weighted by molar-refractivity contribution is 7.85. The molecule has 2 rings (SSSR count). The standard InChI is InChI=1S/C16H16O3S/c1-12-5-3-4-6-15(12)16(17)11-20(18)14-9-7-13(19-2)8-10-14/h3-10H,11H2,1-2H3. The van der Waals surface area contributed by atoms with Crippen LogP contribution in [0.5, 0.6) is 5.75 Å². The fraction of sp³-hybridized carbons (Fsp3) is 0.188. The van der Waals surface area contributed by atoms with Crippen molar-refractivity contribution in [3.05, 3.63) is 59.7 Å². The predicted molar refractivity (Wildman–Crippen MR) is 79.8 cm³/mol. The number of carbonyl (C=O) groups is 1. The van der Waals surface area contributed by atoms with Crippen molar-refractivity contribution in [1.82, 2.24) is 0 Å². The monoisotopic (exact) mass is 288 g/mol. The van der Waals surface area contributed by atoms with Gasteiger partial charge in [-0.15, -0.1) is 0 Å². The number of Topliss-reactive ketones (excluding diaryl/α,β-unsaturated/α-hetero) is 1. The topological polar surface area (TPSA) is 43.4 Å². The zero-order chi connectivity index (χ0) is 14.5. The lowest BCUT2D eigenvalue weighted by molar-refractivity contribution is 0.102. The molecule has 0 fully saturated rings. The Morgan fingerprint density at radius 1 is 1.10 bits per heavy atom. The Morgan fingerprint density at radius 3 is 2.35 bits per heavy atom. The number of aryl methyl sites for hydroxylation is 1. The van der Waals surface area contributed by atoms with E-state index >= 15 is 0 Å². The van der Waals surface area contributed by atoms with Crippen molar-refractivity contribution in [1.29, 1.82) is 0 Å². The quantitative estimate of drug-likeness (QED) is 0.794. The first kappa shape index (κ1) is 14.5. The lowest BCUT2D eigenvalue weighted by Crippen LogP contribution is -2.12. The van der Waals surface area contributed by atoms with Crippen LogP contribution in [-0.2, 0) is 10.8 Å². The van der Waals surface area contributed by atoms with Crippen LogP contribution in [0.25, 0.3) is 0 Å². The normalized spacial score (nSPS) is 11.9. The third-order valence-electron chi connectivity index (χ3n) is 3.03. The van der Waals surface area contributed by atoms with Crippen LogP contribution in [0.3, 0.4) is 0 Å². The molecule has 0 amide bonds. The molecular formula is C16H16O3S. The van der Waals surface area contributed by atoms with E-state index in [2.05, 4.69) is 0 Å². The van der Waals surface area contributed by atoms with Gasteiger partial charge in [-0.1, -0.05) is 24.3 Å². The fourth-order valence-electron chi connectivity index (χ4n) is 1.89. The molecule has 0 aliphatic carbocycles. The van der Waals surface area contributed by atoms with E-state index < -0.39 is 10.8 Å². The zero-order valence-corrected chi connectivity index (χ0v) is 12.3. The summed E-state index contributed by atoms with van der Waals surface area (Å²) in [5, 5.41) is 0. The number of rotatable bonds is 5. The number of ether oxygens (including phenoxy) is 1. The first-order valence-electron chi connectivity index (χ1n) is 6.23. The summed E-state index contributed by atoms with van der Waals surface area (Å²) < 4.78 is 17.2. The average molecular weight is 288 g/mol. The molecule has 0 bridgehead atoms. The van der Waals surface area contributed by atoms with Crippen LogP contribution in [-0.4, -0.2) is 22.9 Å². The largest absolute Gasteiger partial charge is 0.497 e. The highest BCUT2D eigenvalue weighted by Gasteiger charge is 2.13. The molecule has 3 nitrogen and oxygen atoms in total. The number of hydrogen-bond donors (Lipinski definition) is 0. The number of ketones is 1. The molecule has 0 saturated heterocycles. The van der Waals surface area contributed by atoms with Gasteiger partial charge in [0.25, 0.3) is 0 Å². The molecule has 4 heteroatoms. The molecule has 0 saturated carbocycles. The van der Waals surface area contributed by atoms with Crippen LogP contribution in [0.2, 0.25) is 0 Å². The summed E-state index contributed by atoms with van der Waals surface area (Å²) in [5.74, 6) is 0.602. The van der Waals surface area contributed by atoms with Gasteiger partial charge in [0, 0.05) is 10.5 Å². The van der Waals surface area contributed by atoms with Crippen molar-refractivity contribution in [3.8, 4) is 5.75 Å². The fourth-order valence-corrected chi connectivity index (χ4v) is 2.89. The molecule has 0 aliphatic rings. The number of methoxy groups -OCH3 is 1. The van der Waals surface area contributed by atoms with Crippen molar-refractivity contribution >= 4 is 16.6 Å². The molecule has 1 atom stereocenters. The molecule has 0 N–H and O–H groups in total. The minimum Gasteiger partial charge on any atom is -0.497 e. The van der Waals surface area contributed by atoms with Crippen LogP contribution in [0.1, 0.15) is 15.9 Å². The number of carbonyl (C=O) groups excluding carboxylic acids is 1. The van der Waals surface area contributed by atoms with Gasteiger partial charge in [0.2, 0.25) is 0 Å². The van der Waals surface area contributed by atoms with E-state index in [0.29, 0.717) is 16.2 Å². The van der Waals surface area contributed by atoms with Crippen molar-refractivity contribution in [3.63, 3.8) is 0 Å². The second-order valence-electron chi connectivity index (χ2n) is 4.40. The summed E-state index contributed by atoms with van der Waals surface area (Å²) in [4.78, 5) is 12.8. The maximum Gasteiger partial charge on any atom is 0.175 e. The smallest absolute Gasteiger partial charge is 0.175 e. The van der Waals surface area contributed by atoms with Crippen molar-refractivity contribution in [2.24, 2.45) is 0 Å². The minimum absolute atomic E-state index is 0.00280. The van der Waals surface area contributed by atoms with Gasteiger partial charge in [0.05, 0.1) is 23.7 Å². The van der Waals surface area contributed by atoms with Crippen LogP contribution >= 0.6 is 0 Å². The third-order valence-corrected chi connectivity index (χ3v) is 4.35. The molecule has 0 radical (unpaired) electrons. The zero-order valence-electron chi connectivity index (χ0n) is 11.5. The molecule has 0 heterocycles. The molecule has 2 aromatic carbocycles. The summed E-state index contributed by atoms with van der Waals surface area (Å²) in [7, 11) is 0.239.